The lowest BCUT2D eigenvalue weighted by Gasteiger charge is -2.14. The van der Waals surface area contributed by atoms with Gasteiger partial charge in [0.25, 0.3) is 0 Å². The number of hydrogen-bond donors (Lipinski definition) is 1. The minimum Gasteiger partial charge on any atom is -0.481 e. The monoisotopic (exact) mass is 354 g/mol. The number of nitrogens with zero attached hydrogens (tertiary/aromatic N) is 1. The van der Waals surface area contributed by atoms with Gasteiger partial charge in [0.15, 0.2) is 0 Å². The number of ether oxygens (including phenoxy) is 1. The van der Waals surface area contributed by atoms with Crippen molar-refractivity contribution < 1.29 is 9.53 Å². The van der Waals surface area contributed by atoms with Gasteiger partial charge in [0.1, 0.15) is 0 Å². The van der Waals surface area contributed by atoms with Gasteiger partial charge >= 0.3 is 0 Å². The third kappa shape index (κ3) is 3.13. The van der Waals surface area contributed by atoms with Crippen LogP contribution in [-0.4, -0.2) is 18.0 Å². The highest BCUT2D eigenvalue weighted by atomic mass is 16.5. The highest BCUT2D eigenvalue weighted by Gasteiger charge is 2.14. The molecule has 4 aromatic rings. The number of benzene rings is 3. The molecule has 0 aliphatic carbocycles. The van der Waals surface area contributed by atoms with Gasteiger partial charge < -0.3 is 10.5 Å². The number of fused-ring (bicyclic) bond motifs is 1. The van der Waals surface area contributed by atoms with E-state index in [4.69, 9.17) is 10.5 Å². The van der Waals surface area contributed by atoms with E-state index in [1.54, 1.807) is 25.3 Å². The Balaban J connectivity index is 2.04. The van der Waals surface area contributed by atoms with Crippen LogP contribution in [0.1, 0.15) is 10.4 Å². The maximum absolute atomic E-state index is 11.7. The summed E-state index contributed by atoms with van der Waals surface area (Å²) in [5, 5.41) is 0.857. The van der Waals surface area contributed by atoms with Crippen LogP contribution in [0.2, 0.25) is 0 Å². The van der Waals surface area contributed by atoms with Gasteiger partial charge in [-0.15, -0.1) is 0 Å². The first-order chi connectivity index (χ1) is 13.2. The van der Waals surface area contributed by atoms with E-state index in [2.05, 4.69) is 29.2 Å². The van der Waals surface area contributed by atoms with Gasteiger partial charge in [-0.2, -0.15) is 0 Å². The van der Waals surface area contributed by atoms with Crippen molar-refractivity contribution in [2.75, 3.05) is 7.11 Å². The van der Waals surface area contributed by atoms with E-state index in [-0.39, 0.29) is 0 Å². The molecule has 0 spiro atoms. The molecule has 0 atom stereocenters. The molecule has 4 rings (SSSR count). The quantitative estimate of drug-likeness (QED) is 0.579. The fourth-order valence-electron chi connectivity index (χ4n) is 3.27. The van der Waals surface area contributed by atoms with Gasteiger partial charge in [0.2, 0.25) is 11.8 Å². The van der Waals surface area contributed by atoms with Gasteiger partial charge in [-0.3, -0.25) is 4.79 Å². The Morgan fingerprint density at radius 2 is 1.56 bits per heavy atom. The summed E-state index contributed by atoms with van der Waals surface area (Å²) in [5.41, 5.74) is 10.9. The average molecular weight is 354 g/mol. The maximum atomic E-state index is 11.7. The molecule has 0 aliphatic heterocycles. The van der Waals surface area contributed by atoms with E-state index in [0.717, 1.165) is 33.2 Å². The zero-order valence-electron chi connectivity index (χ0n) is 14.8. The minimum absolute atomic E-state index is 0.452. The van der Waals surface area contributed by atoms with Crippen LogP contribution in [0.15, 0.2) is 78.9 Å². The van der Waals surface area contributed by atoms with E-state index in [1.165, 1.54) is 0 Å². The maximum Gasteiger partial charge on any atom is 0.248 e. The molecule has 4 nitrogen and oxygen atoms in total. The number of pyridine rings is 1. The summed E-state index contributed by atoms with van der Waals surface area (Å²) < 4.78 is 5.40. The molecule has 0 unspecified atom stereocenters. The van der Waals surface area contributed by atoms with Crippen LogP contribution in [0, 0.1) is 0 Å². The number of methoxy groups -OCH3 is 1. The number of hydrogen-bond acceptors (Lipinski definition) is 3. The van der Waals surface area contributed by atoms with Crippen molar-refractivity contribution in [3.8, 4) is 28.1 Å². The first-order valence-corrected chi connectivity index (χ1v) is 8.61. The molecule has 4 heteroatoms. The Morgan fingerprint density at radius 1 is 0.852 bits per heavy atom. The number of carbonyl (C=O) groups excluding carboxylic acids is 1. The van der Waals surface area contributed by atoms with Gasteiger partial charge in [-0.1, -0.05) is 54.6 Å². The number of rotatable bonds is 4. The number of amides is 1. The summed E-state index contributed by atoms with van der Waals surface area (Å²) in [4.78, 5) is 16.2. The molecule has 2 N–H and O–H groups in total. The number of nitrogens with two attached hydrogens (primary N) is 1. The van der Waals surface area contributed by atoms with Crippen molar-refractivity contribution in [2.24, 2.45) is 5.73 Å². The second kappa shape index (κ2) is 6.92. The van der Waals surface area contributed by atoms with Crippen LogP contribution >= 0.6 is 0 Å². The first kappa shape index (κ1) is 16.8. The third-order valence-electron chi connectivity index (χ3n) is 4.58. The largest absolute Gasteiger partial charge is 0.481 e. The molecule has 0 fully saturated rings. The van der Waals surface area contributed by atoms with Crippen molar-refractivity contribution in [3.05, 3.63) is 84.4 Å². The third-order valence-corrected chi connectivity index (χ3v) is 4.58. The molecule has 3 aromatic carbocycles. The summed E-state index contributed by atoms with van der Waals surface area (Å²) >= 11 is 0. The van der Waals surface area contributed by atoms with E-state index < -0.39 is 5.91 Å². The van der Waals surface area contributed by atoms with E-state index in [0.29, 0.717) is 11.4 Å². The lowest BCUT2D eigenvalue weighted by molar-refractivity contribution is 0.100. The molecule has 132 valence electrons. The topological polar surface area (TPSA) is 65.2 Å². The van der Waals surface area contributed by atoms with Crippen molar-refractivity contribution in [1.29, 1.82) is 0 Å². The fraction of sp³-hybridized carbons (Fsp3) is 0.0435. The highest BCUT2D eigenvalue weighted by molar-refractivity contribution is 6.03. The molecule has 0 saturated heterocycles. The summed E-state index contributed by atoms with van der Waals surface area (Å²) in [6.07, 6.45) is 0. The molecular formula is C23H18N2O2. The van der Waals surface area contributed by atoms with Gasteiger partial charge in [0.05, 0.1) is 12.6 Å². The number of aromatic nitrogens is 1. The number of carbonyl (C=O) groups is 1. The van der Waals surface area contributed by atoms with Crippen molar-refractivity contribution >= 4 is 16.8 Å². The molecule has 0 aliphatic rings. The van der Waals surface area contributed by atoms with Crippen LogP contribution in [0.25, 0.3) is 33.2 Å². The molecule has 0 radical (unpaired) electrons. The first-order valence-electron chi connectivity index (χ1n) is 8.61. The lowest BCUT2D eigenvalue weighted by Crippen LogP contribution is -2.10. The van der Waals surface area contributed by atoms with E-state index in [9.17, 15) is 4.79 Å². The Labute approximate surface area is 157 Å². The highest BCUT2D eigenvalue weighted by Crippen LogP contribution is 2.37. The van der Waals surface area contributed by atoms with Crippen molar-refractivity contribution in [2.45, 2.75) is 0 Å². The SMILES string of the molecule is COc1cc(-c2ccccc2-c2ccccc2)c2cc(C(N)=O)ccc2n1. The predicted molar refractivity (Wildman–Crippen MR) is 108 cm³/mol. The second-order valence-electron chi connectivity index (χ2n) is 6.22. The van der Waals surface area contributed by atoms with Crippen molar-refractivity contribution in [3.63, 3.8) is 0 Å². The van der Waals surface area contributed by atoms with Crippen LogP contribution in [-0.2, 0) is 0 Å². The molecule has 0 saturated carbocycles. The molecule has 0 bridgehead atoms. The minimum atomic E-state index is -0.463. The summed E-state index contributed by atoms with van der Waals surface area (Å²) in [5.74, 6) is 0.0576. The standard InChI is InChI=1S/C23H18N2O2/c1-27-22-14-19(20-13-16(23(24)26)11-12-21(20)25-22)18-10-6-5-9-17(18)15-7-3-2-4-8-15/h2-14H,1H3,(H2,24,26). The molecular weight excluding hydrogens is 336 g/mol. The summed E-state index contributed by atoms with van der Waals surface area (Å²) in [6.45, 7) is 0. The molecule has 1 heterocycles. The Hall–Kier alpha value is -3.66. The molecule has 27 heavy (non-hydrogen) atoms. The number of primary amides is 1. The zero-order valence-corrected chi connectivity index (χ0v) is 14.8. The van der Waals surface area contributed by atoms with Gasteiger partial charge in [-0.05, 0) is 40.5 Å². The molecule has 1 aromatic heterocycles. The van der Waals surface area contributed by atoms with Crippen LogP contribution in [0.4, 0.5) is 0 Å². The van der Waals surface area contributed by atoms with Gasteiger partial charge in [-0.25, -0.2) is 4.98 Å². The Kier molecular flexibility index (Phi) is 4.30. The Morgan fingerprint density at radius 3 is 2.26 bits per heavy atom. The normalized spacial score (nSPS) is 10.7. The average Bonchev–Trinajstić information content (AvgIpc) is 2.73. The van der Waals surface area contributed by atoms with Crippen LogP contribution in [0.3, 0.4) is 0 Å². The molecule has 1 amide bonds. The van der Waals surface area contributed by atoms with E-state index >= 15 is 0 Å². The fourth-order valence-corrected chi connectivity index (χ4v) is 3.27. The predicted octanol–water partition coefficient (Wildman–Crippen LogP) is 4.68. The summed E-state index contributed by atoms with van der Waals surface area (Å²) in [6, 6.07) is 25.5. The second-order valence-corrected chi connectivity index (χ2v) is 6.22. The van der Waals surface area contributed by atoms with Crippen molar-refractivity contribution in [1.82, 2.24) is 4.98 Å². The Bertz CT molecular complexity index is 1140. The van der Waals surface area contributed by atoms with E-state index in [1.807, 2.05) is 36.4 Å². The van der Waals surface area contributed by atoms with Crippen LogP contribution < -0.4 is 10.5 Å². The summed E-state index contributed by atoms with van der Waals surface area (Å²) in [7, 11) is 1.60. The van der Waals surface area contributed by atoms with Crippen LogP contribution in [0.5, 0.6) is 5.88 Å². The zero-order chi connectivity index (χ0) is 18.8. The smallest absolute Gasteiger partial charge is 0.248 e. The lowest BCUT2D eigenvalue weighted by atomic mass is 9.92. The van der Waals surface area contributed by atoms with Gasteiger partial charge in [0, 0.05) is 17.0 Å².